The number of anilines is 1. The number of hydrogen-bond acceptors (Lipinski definition) is 3. The highest BCUT2D eigenvalue weighted by molar-refractivity contribution is 5.76. The second-order valence-electron chi connectivity index (χ2n) is 5.34. The first-order valence-corrected chi connectivity index (χ1v) is 6.80. The lowest BCUT2D eigenvalue weighted by atomic mass is 10.1. The molecule has 104 valence electrons. The van der Waals surface area contributed by atoms with Gasteiger partial charge in [0.25, 0.3) is 0 Å². The fraction of sp³-hybridized carbons (Fsp3) is 0.333. The molecule has 5 nitrogen and oxygen atoms in total. The fourth-order valence-corrected chi connectivity index (χ4v) is 2.07. The third-order valence-electron chi connectivity index (χ3n) is 3.49. The van der Waals surface area contributed by atoms with E-state index in [1.807, 2.05) is 31.3 Å². The van der Waals surface area contributed by atoms with Gasteiger partial charge in [0.2, 0.25) is 5.91 Å². The molecule has 1 fully saturated rings. The highest BCUT2D eigenvalue weighted by Crippen LogP contribution is 2.23. The number of nitrogens with two attached hydrogens (primary N) is 1. The molecule has 1 aromatic carbocycles. The van der Waals surface area contributed by atoms with Gasteiger partial charge in [-0.05, 0) is 37.0 Å². The van der Waals surface area contributed by atoms with E-state index in [0.29, 0.717) is 6.04 Å². The zero-order valence-corrected chi connectivity index (χ0v) is 11.5. The van der Waals surface area contributed by atoms with Crippen molar-refractivity contribution in [3.05, 3.63) is 36.2 Å². The highest BCUT2D eigenvalue weighted by atomic mass is 16.2. The van der Waals surface area contributed by atoms with Gasteiger partial charge in [-0.15, -0.1) is 0 Å². The lowest BCUT2D eigenvalue weighted by molar-refractivity contribution is -0.122. The number of carbonyl (C=O) groups excluding carboxylic acids is 1. The number of rotatable bonds is 4. The molecule has 0 atom stereocenters. The molecule has 0 unspecified atom stereocenters. The van der Waals surface area contributed by atoms with Crippen LogP contribution in [-0.4, -0.2) is 21.7 Å². The van der Waals surface area contributed by atoms with Crippen LogP contribution in [0.15, 0.2) is 30.6 Å². The summed E-state index contributed by atoms with van der Waals surface area (Å²) in [6.45, 7) is 2.24. The van der Waals surface area contributed by atoms with E-state index in [1.54, 1.807) is 10.9 Å². The predicted molar refractivity (Wildman–Crippen MR) is 78.0 cm³/mol. The van der Waals surface area contributed by atoms with E-state index in [4.69, 9.17) is 5.73 Å². The van der Waals surface area contributed by atoms with Gasteiger partial charge >= 0.3 is 0 Å². The molecule has 0 aliphatic heterocycles. The summed E-state index contributed by atoms with van der Waals surface area (Å²) in [5.41, 5.74) is 9.73. The standard InChI is InChI=1S/C15H18N4O/c1-10-2-3-11(6-14(10)16)12-7-17-19(8-12)9-15(20)18-13-4-5-13/h2-3,6-8,13H,4-5,9,16H2,1H3,(H,18,20). The van der Waals surface area contributed by atoms with Crippen molar-refractivity contribution in [3.63, 3.8) is 0 Å². The quantitative estimate of drug-likeness (QED) is 0.831. The predicted octanol–water partition coefficient (Wildman–Crippen LogP) is 1.72. The Bertz CT molecular complexity index is 643. The number of carbonyl (C=O) groups is 1. The minimum Gasteiger partial charge on any atom is -0.398 e. The van der Waals surface area contributed by atoms with Crippen LogP contribution in [0, 0.1) is 6.92 Å². The van der Waals surface area contributed by atoms with Crippen LogP contribution < -0.4 is 11.1 Å². The van der Waals surface area contributed by atoms with Crippen LogP contribution in [-0.2, 0) is 11.3 Å². The van der Waals surface area contributed by atoms with Gasteiger partial charge in [0, 0.05) is 23.5 Å². The van der Waals surface area contributed by atoms with E-state index in [9.17, 15) is 4.79 Å². The Labute approximate surface area is 117 Å². The molecule has 1 aliphatic carbocycles. The van der Waals surface area contributed by atoms with Gasteiger partial charge < -0.3 is 11.1 Å². The molecule has 1 heterocycles. The summed E-state index contributed by atoms with van der Waals surface area (Å²) < 4.78 is 1.66. The molecule has 0 spiro atoms. The molecule has 1 saturated carbocycles. The van der Waals surface area contributed by atoms with Crippen molar-refractivity contribution in [2.24, 2.45) is 0 Å². The van der Waals surface area contributed by atoms with Gasteiger partial charge in [0.1, 0.15) is 6.54 Å². The van der Waals surface area contributed by atoms with E-state index in [2.05, 4.69) is 10.4 Å². The van der Waals surface area contributed by atoms with Crippen molar-refractivity contribution >= 4 is 11.6 Å². The number of aromatic nitrogens is 2. The first-order chi connectivity index (χ1) is 9.61. The maximum Gasteiger partial charge on any atom is 0.241 e. The summed E-state index contributed by atoms with van der Waals surface area (Å²) in [6.07, 6.45) is 5.82. The van der Waals surface area contributed by atoms with Crippen LogP contribution in [0.3, 0.4) is 0 Å². The number of benzene rings is 1. The normalized spacial score (nSPS) is 14.2. The minimum absolute atomic E-state index is 0.0190. The third-order valence-corrected chi connectivity index (χ3v) is 3.49. The Morgan fingerprint density at radius 1 is 1.45 bits per heavy atom. The first kappa shape index (κ1) is 12.7. The number of nitrogens with one attached hydrogen (secondary N) is 1. The summed E-state index contributed by atoms with van der Waals surface area (Å²) in [4.78, 5) is 11.7. The van der Waals surface area contributed by atoms with Gasteiger partial charge in [-0.25, -0.2) is 0 Å². The van der Waals surface area contributed by atoms with Crippen LogP contribution in [0.5, 0.6) is 0 Å². The molecule has 20 heavy (non-hydrogen) atoms. The molecule has 1 amide bonds. The van der Waals surface area contributed by atoms with Crippen LogP contribution in [0.4, 0.5) is 5.69 Å². The van der Waals surface area contributed by atoms with Gasteiger partial charge in [0.05, 0.1) is 6.20 Å². The molecule has 3 N–H and O–H groups in total. The number of amides is 1. The largest absolute Gasteiger partial charge is 0.398 e. The average Bonchev–Trinajstić information content (AvgIpc) is 3.09. The Balaban J connectivity index is 1.71. The van der Waals surface area contributed by atoms with E-state index in [-0.39, 0.29) is 12.5 Å². The maximum absolute atomic E-state index is 11.7. The lowest BCUT2D eigenvalue weighted by Gasteiger charge is -2.04. The van der Waals surface area contributed by atoms with E-state index in [0.717, 1.165) is 35.2 Å². The molecule has 0 radical (unpaired) electrons. The molecule has 0 bridgehead atoms. The van der Waals surface area contributed by atoms with Crippen molar-refractivity contribution in [2.75, 3.05) is 5.73 Å². The Hall–Kier alpha value is -2.30. The number of nitrogens with zero attached hydrogens (tertiary/aromatic N) is 2. The van der Waals surface area contributed by atoms with Gasteiger partial charge in [0.15, 0.2) is 0 Å². The number of aryl methyl sites for hydroxylation is 1. The van der Waals surface area contributed by atoms with E-state index >= 15 is 0 Å². The molecule has 5 heteroatoms. The van der Waals surface area contributed by atoms with Gasteiger partial charge in [-0.2, -0.15) is 5.10 Å². The molecule has 1 aliphatic rings. The summed E-state index contributed by atoms with van der Waals surface area (Å²) in [5.74, 6) is 0.0190. The zero-order valence-electron chi connectivity index (χ0n) is 11.5. The van der Waals surface area contributed by atoms with Crippen molar-refractivity contribution in [1.82, 2.24) is 15.1 Å². The molecular formula is C15H18N4O. The fourth-order valence-electron chi connectivity index (χ4n) is 2.07. The molecule has 0 saturated heterocycles. The van der Waals surface area contributed by atoms with Crippen molar-refractivity contribution in [1.29, 1.82) is 0 Å². The number of nitrogen functional groups attached to an aromatic ring is 1. The maximum atomic E-state index is 11.7. The molecular weight excluding hydrogens is 252 g/mol. The van der Waals surface area contributed by atoms with Crippen LogP contribution >= 0.6 is 0 Å². The Kier molecular flexibility index (Phi) is 3.18. The zero-order chi connectivity index (χ0) is 14.1. The summed E-state index contributed by atoms with van der Waals surface area (Å²) >= 11 is 0. The molecule has 3 rings (SSSR count). The first-order valence-electron chi connectivity index (χ1n) is 6.80. The van der Waals surface area contributed by atoms with Crippen LogP contribution in [0.1, 0.15) is 18.4 Å². The smallest absolute Gasteiger partial charge is 0.241 e. The van der Waals surface area contributed by atoms with Crippen LogP contribution in [0.2, 0.25) is 0 Å². The van der Waals surface area contributed by atoms with Crippen LogP contribution in [0.25, 0.3) is 11.1 Å². The summed E-state index contributed by atoms with van der Waals surface area (Å²) in [5, 5.41) is 7.18. The second kappa shape index (κ2) is 5.00. The topological polar surface area (TPSA) is 72.9 Å². The minimum atomic E-state index is 0.0190. The Morgan fingerprint density at radius 3 is 2.95 bits per heavy atom. The van der Waals surface area contributed by atoms with Crippen molar-refractivity contribution in [3.8, 4) is 11.1 Å². The molecule has 1 aromatic heterocycles. The van der Waals surface area contributed by atoms with Crippen molar-refractivity contribution < 1.29 is 4.79 Å². The lowest BCUT2D eigenvalue weighted by Crippen LogP contribution is -2.29. The monoisotopic (exact) mass is 270 g/mol. The van der Waals surface area contributed by atoms with Crippen molar-refractivity contribution in [2.45, 2.75) is 32.4 Å². The second-order valence-corrected chi connectivity index (χ2v) is 5.34. The Morgan fingerprint density at radius 2 is 2.25 bits per heavy atom. The van der Waals surface area contributed by atoms with Gasteiger partial charge in [-0.1, -0.05) is 12.1 Å². The summed E-state index contributed by atoms with van der Waals surface area (Å²) in [7, 11) is 0. The number of hydrogen-bond donors (Lipinski definition) is 2. The average molecular weight is 270 g/mol. The third kappa shape index (κ3) is 2.82. The summed E-state index contributed by atoms with van der Waals surface area (Å²) in [6, 6.07) is 6.31. The van der Waals surface area contributed by atoms with E-state index in [1.165, 1.54) is 0 Å². The van der Waals surface area contributed by atoms with E-state index < -0.39 is 0 Å². The van der Waals surface area contributed by atoms with Gasteiger partial charge in [-0.3, -0.25) is 9.48 Å². The highest BCUT2D eigenvalue weighted by Gasteiger charge is 2.23. The molecule has 2 aromatic rings. The SMILES string of the molecule is Cc1ccc(-c2cnn(CC(=O)NC3CC3)c2)cc1N.